The van der Waals surface area contributed by atoms with Gasteiger partial charge in [0.05, 0.1) is 27.7 Å². The smallest absolute Gasteiger partial charge is 0.253 e. The zero-order valence-electron chi connectivity index (χ0n) is 16.5. The van der Waals surface area contributed by atoms with Crippen LogP contribution in [0.3, 0.4) is 0 Å². The molecule has 1 fully saturated rings. The molecule has 8 heteroatoms. The third-order valence-electron chi connectivity index (χ3n) is 5.96. The molecule has 0 unspecified atom stereocenters. The molecule has 0 radical (unpaired) electrons. The van der Waals surface area contributed by atoms with Gasteiger partial charge in [0.15, 0.2) is 0 Å². The molecule has 1 amide bonds. The fourth-order valence-electron chi connectivity index (χ4n) is 4.58. The first-order valence-corrected chi connectivity index (χ1v) is 12.1. The molecule has 2 aliphatic heterocycles. The summed E-state index contributed by atoms with van der Waals surface area (Å²) in [6, 6.07) is 16.3. The lowest BCUT2D eigenvalue weighted by Crippen LogP contribution is -2.46. The van der Waals surface area contributed by atoms with E-state index >= 15 is 0 Å². The second-order valence-corrected chi connectivity index (χ2v) is 10.6. The summed E-state index contributed by atoms with van der Waals surface area (Å²) in [6.45, 7) is 2.95. The quantitative estimate of drug-likeness (QED) is 0.627. The first kappa shape index (κ1) is 19.4. The van der Waals surface area contributed by atoms with E-state index in [9.17, 15) is 13.2 Å². The van der Waals surface area contributed by atoms with Crippen LogP contribution in [0.5, 0.6) is 0 Å². The molecule has 0 saturated carbocycles. The van der Waals surface area contributed by atoms with Gasteiger partial charge in [-0.05, 0) is 37.1 Å². The number of aromatic nitrogens is 1. The minimum atomic E-state index is -3.68. The summed E-state index contributed by atoms with van der Waals surface area (Å²) in [5.74, 6) is -0.0706. The van der Waals surface area contributed by atoms with Crippen molar-refractivity contribution >= 4 is 27.3 Å². The molecule has 6 nitrogen and oxygen atoms in total. The molecule has 0 bridgehead atoms. The minimum Gasteiger partial charge on any atom is -0.336 e. The maximum atomic E-state index is 13.5. The normalized spacial score (nSPS) is 22.5. The zero-order valence-corrected chi connectivity index (χ0v) is 18.1. The van der Waals surface area contributed by atoms with Crippen LogP contribution in [0.1, 0.15) is 33.0 Å². The molecule has 1 saturated heterocycles. The van der Waals surface area contributed by atoms with Gasteiger partial charge in [-0.15, -0.1) is 11.3 Å². The average Bonchev–Trinajstić information content (AvgIpc) is 3.42. The van der Waals surface area contributed by atoms with Gasteiger partial charge < -0.3 is 4.90 Å². The maximum Gasteiger partial charge on any atom is 0.253 e. The molecule has 3 aromatic rings. The minimum absolute atomic E-state index is 0.0706. The first-order chi connectivity index (χ1) is 14.4. The standard InChI is InChI=1S/C22H21N3O3S2/c1-16-23-18(14-29-16)13-25-22(19-9-5-6-10-20(19)30(25,27)28)11-12-24(15-22)21(26)17-7-3-2-4-8-17/h2-10,14H,11-13,15H2,1H3/t22-/m0/s1. The lowest BCUT2D eigenvalue weighted by Gasteiger charge is -2.33. The number of rotatable bonds is 3. The van der Waals surface area contributed by atoms with Crippen LogP contribution >= 0.6 is 11.3 Å². The van der Waals surface area contributed by atoms with E-state index in [4.69, 9.17) is 0 Å². The molecule has 154 valence electrons. The number of sulfonamides is 1. The van der Waals surface area contributed by atoms with Crippen molar-refractivity contribution in [3.8, 4) is 0 Å². The Labute approximate surface area is 179 Å². The summed E-state index contributed by atoms with van der Waals surface area (Å²) in [7, 11) is -3.68. The van der Waals surface area contributed by atoms with Gasteiger partial charge in [-0.2, -0.15) is 4.31 Å². The van der Waals surface area contributed by atoms with Gasteiger partial charge in [-0.1, -0.05) is 36.4 Å². The lowest BCUT2D eigenvalue weighted by molar-refractivity contribution is 0.0762. The van der Waals surface area contributed by atoms with Gasteiger partial charge in [0.2, 0.25) is 10.0 Å². The third kappa shape index (κ3) is 2.90. The molecule has 2 aliphatic rings. The number of thiazole rings is 1. The molecule has 30 heavy (non-hydrogen) atoms. The molecule has 0 aliphatic carbocycles. The van der Waals surface area contributed by atoms with E-state index in [0.717, 1.165) is 16.3 Å². The van der Waals surface area contributed by atoms with E-state index in [1.54, 1.807) is 33.5 Å². The van der Waals surface area contributed by atoms with Crippen molar-refractivity contribution < 1.29 is 13.2 Å². The number of amides is 1. The molecular formula is C22H21N3O3S2. The summed E-state index contributed by atoms with van der Waals surface area (Å²) in [6.07, 6.45) is 0.560. The fraction of sp³-hybridized carbons (Fsp3) is 0.273. The van der Waals surface area contributed by atoms with Crippen molar-refractivity contribution in [2.75, 3.05) is 13.1 Å². The summed E-state index contributed by atoms with van der Waals surface area (Å²) in [4.78, 5) is 19.7. The Hall–Kier alpha value is -2.55. The monoisotopic (exact) mass is 439 g/mol. The number of nitrogens with zero attached hydrogens (tertiary/aromatic N) is 3. The highest BCUT2D eigenvalue weighted by Gasteiger charge is 2.57. The molecule has 1 atom stereocenters. The SMILES string of the molecule is Cc1nc(CN2[C@]3(CCN(C(=O)c4ccccc4)C3)c3ccccc3S2(=O)=O)cs1. The maximum absolute atomic E-state index is 13.5. The van der Waals surface area contributed by atoms with Crippen molar-refractivity contribution in [3.05, 3.63) is 81.8 Å². The van der Waals surface area contributed by atoms with E-state index in [1.165, 1.54) is 11.3 Å². The Morgan fingerprint density at radius 2 is 1.87 bits per heavy atom. The van der Waals surface area contributed by atoms with Crippen LogP contribution < -0.4 is 0 Å². The highest BCUT2D eigenvalue weighted by Crippen LogP contribution is 2.50. The Morgan fingerprint density at radius 3 is 2.60 bits per heavy atom. The van der Waals surface area contributed by atoms with Crippen LogP contribution in [0.25, 0.3) is 0 Å². The van der Waals surface area contributed by atoms with E-state index < -0.39 is 15.6 Å². The summed E-state index contributed by atoms with van der Waals surface area (Å²) >= 11 is 1.51. The Bertz CT molecular complexity index is 1220. The molecular weight excluding hydrogens is 418 g/mol. The number of aryl methyl sites for hydroxylation is 1. The van der Waals surface area contributed by atoms with Gasteiger partial charge in [0, 0.05) is 24.0 Å². The van der Waals surface area contributed by atoms with Gasteiger partial charge in [-0.25, -0.2) is 13.4 Å². The number of hydrogen-bond acceptors (Lipinski definition) is 5. The van der Waals surface area contributed by atoms with Crippen molar-refractivity contribution in [2.24, 2.45) is 0 Å². The average molecular weight is 440 g/mol. The number of fused-ring (bicyclic) bond motifs is 2. The highest BCUT2D eigenvalue weighted by atomic mass is 32.2. The van der Waals surface area contributed by atoms with E-state index in [2.05, 4.69) is 4.98 Å². The number of benzene rings is 2. The van der Waals surface area contributed by atoms with Crippen LogP contribution in [-0.2, 0) is 22.1 Å². The van der Waals surface area contributed by atoms with Gasteiger partial charge in [-0.3, -0.25) is 4.79 Å². The lowest BCUT2D eigenvalue weighted by atomic mass is 9.89. The summed E-state index contributed by atoms with van der Waals surface area (Å²) in [5, 5.41) is 2.81. The summed E-state index contributed by atoms with van der Waals surface area (Å²) in [5.41, 5.74) is 1.36. The van der Waals surface area contributed by atoms with E-state index in [0.29, 0.717) is 30.0 Å². The van der Waals surface area contributed by atoms with E-state index in [1.807, 2.05) is 42.6 Å². The Morgan fingerprint density at radius 1 is 1.13 bits per heavy atom. The van der Waals surface area contributed by atoms with Crippen LogP contribution in [0.4, 0.5) is 0 Å². The van der Waals surface area contributed by atoms with E-state index in [-0.39, 0.29) is 12.5 Å². The van der Waals surface area contributed by atoms with Crippen LogP contribution in [0.15, 0.2) is 64.9 Å². The summed E-state index contributed by atoms with van der Waals surface area (Å²) < 4.78 is 28.6. The topological polar surface area (TPSA) is 70.6 Å². The largest absolute Gasteiger partial charge is 0.336 e. The molecule has 1 spiro atoms. The number of carbonyl (C=O) groups excluding carboxylic acids is 1. The first-order valence-electron chi connectivity index (χ1n) is 9.79. The van der Waals surface area contributed by atoms with Gasteiger partial charge in [0.25, 0.3) is 5.91 Å². The number of hydrogen-bond donors (Lipinski definition) is 0. The predicted octanol–water partition coefficient (Wildman–Crippen LogP) is 3.40. The van der Waals surface area contributed by atoms with Crippen molar-refractivity contribution in [1.29, 1.82) is 0 Å². The Balaban J connectivity index is 1.56. The van der Waals surface area contributed by atoms with Crippen LogP contribution in [0.2, 0.25) is 0 Å². The molecule has 2 aromatic carbocycles. The van der Waals surface area contributed by atoms with Crippen LogP contribution in [-0.4, -0.2) is 41.6 Å². The molecule has 0 N–H and O–H groups in total. The molecule has 1 aromatic heterocycles. The zero-order chi connectivity index (χ0) is 20.9. The highest BCUT2D eigenvalue weighted by molar-refractivity contribution is 7.89. The van der Waals surface area contributed by atoms with Gasteiger partial charge in [0.1, 0.15) is 0 Å². The fourth-order valence-corrected chi connectivity index (χ4v) is 7.21. The Kier molecular flexibility index (Phi) is 4.53. The second kappa shape index (κ2) is 7.01. The van der Waals surface area contributed by atoms with Crippen molar-refractivity contribution in [1.82, 2.24) is 14.2 Å². The van der Waals surface area contributed by atoms with Crippen molar-refractivity contribution in [3.63, 3.8) is 0 Å². The van der Waals surface area contributed by atoms with Gasteiger partial charge >= 0.3 is 0 Å². The number of carbonyl (C=O) groups is 1. The third-order valence-corrected chi connectivity index (χ3v) is 8.75. The molecule has 5 rings (SSSR count). The predicted molar refractivity (Wildman–Crippen MR) is 115 cm³/mol. The second-order valence-electron chi connectivity index (χ2n) is 7.74. The molecule has 3 heterocycles. The van der Waals surface area contributed by atoms with Crippen molar-refractivity contribution in [2.45, 2.75) is 30.3 Å². The number of likely N-dealkylation sites (tertiary alicyclic amines) is 1. The van der Waals surface area contributed by atoms with Crippen LogP contribution in [0, 0.1) is 6.92 Å².